The highest BCUT2D eigenvalue weighted by atomic mass is 16.5. The fourth-order valence-electron chi connectivity index (χ4n) is 7.38. The first-order valence-corrected chi connectivity index (χ1v) is 19.3. The van der Waals surface area contributed by atoms with Gasteiger partial charge in [-0.15, -0.1) is 0 Å². The van der Waals surface area contributed by atoms with Gasteiger partial charge in [-0.2, -0.15) is 0 Å². The van der Waals surface area contributed by atoms with Gasteiger partial charge in [0.25, 0.3) is 11.8 Å². The molecule has 4 amide bonds. The van der Waals surface area contributed by atoms with Crippen LogP contribution in [-0.4, -0.2) is 110 Å². The van der Waals surface area contributed by atoms with Crippen LogP contribution in [0.5, 0.6) is 11.5 Å². The Morgan fingerprint density at radius 3 is 2.45 bits per heavy atom. The van der Waals surface area contributed by atoms with Crippen LogP contribution in [0, 0.1) is 5.92 Å². The monoisotopic (exact) mass is 767 g/mol. The minimum Gasteiger partial charge on any atom is -0.497 e. The summed E-state index contributed by atoms with van der Waals surface area (Å²) in [5.41, 5.74) is 3.93. The van der Waals surface area contributed by atoms with Crippen LogP contribution < -0.4 is 30.3 Å². The Morgan fingerprint density at radius 2 is 1.73 bits per heavy atom. The van der Waals surface area contributed by atoms with E-state index >= 15 is 0 Å². The summed E-state index contributed by atoms with van der Waals surface area (Å²) in [6.07, 6.45) is 1.82. The average Bonchev–Trinajstić information content (AvgIpc) is 3.53. The van der Waals surface area contributed by atoms with Gasteiger partial charge in [0, 0.05) is 56.8 Å². The number of fused-ring (bicyclic) bond motifs is 3. The standard InChI is InChI=1S/C42H53N7O7/c1-27(2)21-32-25-49(41(53)31-10-14-36-34(24-31)46-42(47(36)3)48-17-19-56-20-18-48)26-38(50)43-16-6-7-29-23-30(11-15-37(29)55-5)39(51)45-35(40(52)44-32)22-28-8-12-33(54-4)13-9-28/h8-15,23-24,27,32,35H,6-7,16-22,25-26H2,1-5H3,(H,43,50)(H,44,52)(H,45,51)/t32-,35-/m0/s1. The van der Waals surface area contributed by atoms with Gasteiger partial charge in [-0.3, -0.25) is 19.2 Å². The number of ether oxygens (including phenoxy) is 3. The van der Waals surface area contributed by atoms with Crippen molar-refractivity contribution in [2.45, 2.75) is 51.6 Å². The first kappa shape index (κ1) is 40.0. The molecule has 298 valence electrons. The maximum absolute atomic E-state index is 14.4. The van der Waals surface area contributed by atoms with E-state index in [2.05, 4.69) is 20.9 Å². The van der Waals surface area contributed by atoms with Crippen molar-refractivity contribution in [1.82, 2.24) is 30.4 Å². The van der Waals surface area contributed by atoms with Crippen molar-refractivity contribution in [2.24, 2.45) is 13.0 Å². The van der Waals surface area contributed by atoms with E-state index in [0.717, 1.165) is 35.7 Å². The number of rotatable bonds is 8. The summed E-state index contributed by atoms with van der Waals surface area (Å²) in [4.78, 5) is 64.6. The molecule has 14 heteroatoms. The number of aromatic nitrogens is 2. The Hall–Kier alpha value is -5.63. The molecule has 0 aliphatic carbocycles. The highest BCUT2D eigenvalue weighted by molar-refractivity contribution is 6.00. The molecule has 2 atom stereocenters. The van der Waals surface area contributed by atoms with E-state index in [4.69, 9.17) is 19.2 Å². The first-order chi connectivity index (χ1) is 27.0. The molecule has 0 radical (unpaired) electrons. The maximum atomic E-state index is 14.4. The predicted molar refractivity (Wildman–Crippen MR) is 213 cm³/mol. The summed E-state index contributed by atoms with van der Waals surface area (Å²) in [5, 5.41) is 9.11. The van der Waals surface area contributed by atoms with Crippen molar-refractivity contribution >= 4 is 40.6 Å². The zero-order valence-corrected chi connectivity index (χ0v) is 32.9. The van der Waals surface area contributed by atoms with Gasteiger partial charge in [0.15, 0.2) is 0 Å². The van der Waals surface area contributed by atoms with Gasteiger partial charge in [0.1, 0.15) is 17.5 Å². The van der Waals surface area contributed by atoms with Crippen LogP contribution in [-0.2, 0) is 34.2 Å². The summed E-state index contributed by atoms with van der Waals surface area (Å²) in [5.74, 6) is 0.746. The zero-order chi connectivity index (χ0) is 39.8. The van der Waals surface area contributed by atoms with E-state index in [0.29, 0.717) is 67.2 Å². The molecular formula is C42H53N7O7. The van der Waals surface area contributed by atoms with E-state index in [1.165, 1.54) is 4.90 Å². The number of hydrogen-bond acceptors (Lipinski definition) is 9. The van der Waals surface area contributed by atoms with Crippen molar-refractivity contribution in [3.63, 3.8) is 0 Å². The fraction of sp³-hybridized carbons (Fsp3) is 0.452. The van der Waals surface area contributed by atoms with Crippen LogP contribution in [0.2, 0.25) is 0 Å². The molecule has 0 saturated carbocycles. The van der Waals surface area contributed by atoms with Gasteiger partial charge >= 0.3 is 0 Å². The lowest BCUT2D eigenvalue weighted by atomic mass is 10.00. The number of imidazole rings is 1. The quantitative estimate of drug-likeness (QED) is 0.244. The predicted octanol–water partition coefficient (Wildman–Crippen LogP) is 3.50. The lowest BCUT2D eigenvalue weighted by molar-refractivity contribution is -0.123. The summed E-state index contributed by atoms with van der Waals surface area (Å²) in [6, 6.07) is 16.4. The number of benzene rings is 3. The minimum absolute atomic E-state index is 0.0661. The number of carbonyl (C=O) groups is 4. The van der Waals surface area contributed by atoms with Crippen LogP contribution >= 0.6 is 0 Å². The lowest BCUT2D eigenvalue weighted by Crippen LogP contribution is -2.54. The molecule has 1 aromatic heterocycles. The summed E-state index contributed by atoms with van der Waals surface area (Å²) in [6.45, 7) is 6.95. The van der Waals surface area contributed by atoms with Gasteiger partial charge in [-0.1, -0.05) is 26.0 Å². The van der Waals surface area contributed by atoms with Crippen molar-refractivity contribution in [1.29, 1.82) is 0 Å². The molecule has 0 spiro atoms. The number of nitrogens with zero attached hydrogens (tertiary/aromatic N) is 4. The van der Waals surface area contributed by atoms with Crippen LogP contribution in [0.1, 0.15) is 58.5 Å². The highest BCUT2D eigenvalue weighted by Crippen LogP contribution is 2.25. The summed E-state index contributed by atoms with van der Waals surface area (Å²) < 4.78 is 18.4. The van der Waals surface area contributed by atoms with Crippen LogP contribution in [0.15, 0.2) is 60.7 Å². The fourth-order valence-corrected chi connectivity index (χ4v) is 7.38. The van der Waals surface area contributed by atoms with Gasteiger partial charge in [0.2, 0.25) is 17.8 Å². The molecule has 3 aromatic carbocycles. The number of aryl methyl sites for hydroxylation is 2. The normalized spacial score (nSPS) is 18.9. The Kier molecular flexibility index (Phi) is 13.1. The van der Waals surface area contributed by atoms with Crippen molar-refractivity contribution < 1.29 is 33.4 Å². The van der Waals surface area contributed by atoms with E-state index in [-0.39, 0.29) is 37.2 Å². The molecule has 0 unspecified atom stereocenters. The van der Waals surface area contributed by atoms with E-state index in [1.807, 2.05) is 55.8 Å². The number of amides is 4. The molecule has 1 saturated heterocycles. The molecule has 14 nitrogen and oxygen atoms in total. The number of methoxy groups -OCH3 is 2. The van der Waals surface area contributed by atoms with Gasteiger partial charge in [0.05, 0.1) is 45.0 Å². The van der Waals surface area contributed by atoms with Crippen LogP contribution in [0.4, 0.5) is 5.95 Å². The third-order valence-corrected chi connectivity index (χ3v) is 10.3. The molecule has 1 fully saturated rings. The summed E-state index contributed by atoms with van der Waals surface area (Å²) >= 11 is 0. The van der Waals surface area contributed by atoms with Gasteiger partial charge in [-0.05, 0) is 84.8 Å². The molecule has 2 aliphatic heterocycles. The van der Waals surface area contributed by atoms with Crippen LogP contribution in [0.25, 0.3) is 11.0 Å². The number of carbonyl (C=O) groups excluding carboxylic acids is 4. The van der Waals surface area contributed by atoms with Crippen molar-refractivity contribution in [2.75, 3.05) is 65.1 Å². The highest BCUT2D eigenvalue weighted by Gasteiger charge is 2.29. The van der Waals surface area contributed by atoms with E-state index in [9.17, 15) is 19.2 Å². The topological polar surface area (TPSA) is 156 Å². The van der Waals surface area contributed by atoms with Crippen LogP contribution in [0.3, 0.4) is 0 Å². The third kappa shape index (κ3) is 9.78. The Labute approximate surface area is 327 Å². The van der Waals surface area contributed by atoms with E-state index in [1.54, 1.807) is 44.6 Å². The molecule has 4 aromatic rings. The number of nitrogens with one attached hydrogen (secondary N) is 3. The second-order valence-corrected chi connectivity index (χ2v) is 14.9. The lowest BCUT2D eigenvalue weighted by Gasteiger charge is -2.30. The Morgan fingerprint density at radius 1 is 0.964 bits per heavy atom. The van der Waals surface area contributed by atoms with Crippen molar-refractivity contribution in [3.8, 4) is 11.5 Å². The minimum atomic E-state index is -0.952. The molecule has 3 heterocycles. The Balaban J connectivity index is 1.32. The smallest absolute Gasteiger partial charge is 0.254 e. The Bertz CT molecular complexity index is 2020. The SMILES string of the molecule is COc1ccc(C[C@@H]2NC(=O)c3ccc(OC)c(c3)CCCNC(=O)CN(C(=O)c3ccc4c(c3)nc(N3CCOCC3)n4C)C[C@H](CC(C)C)NC2=O)cc1. The summed E-state index contributed by atoms with van der Waals surface area (Å²) in [7, 11) is 5.11. The number of morpholine rings is 1. The molecule has 2 bridgehead atoms. The second-order valence-electron chi connectivity index (χ2n) is 14.9. The van der Waals surface area contributed by atoms with Gasteiger partial charge in [-0.25, -0.2) is 4.98 Å². The average molecular weight is 768 g/mol. The van der Waals surface area contributed by atoms with Gasteiger partial charge < -0.3 is 44.5 Å². The zero-order valence-electron chi connectivity index (χ0n) is 32.9. The number of hydrogen-bond donors (Lipinski definition) is 3. The van der Waals surface area contributed by atoms with Crippen molar-refractivity contribution in [3.05, 3.63) is 82.9 Å². The molecule has 3 N–H and O–H groups in total. The molecule has 56 heavy (non-hydrogen) atoms. The third-order valence-electron chi connectivity index (χ3n) is 10.3. The maximum Gasteiger partial charge on any atom is 0.254 e. The second kappa shape index (κ2) is 18.3. The molecule has 6 rings (SSSR count). The number of anilines is 1. The molecule has 2 aliphatic rings. The largest absolute Gasteiger partial charge is 0.497 e. The van der Waals surface area contributed by atoms with E-state index < -0.39 is 23.9 Å². The first-order valence-electron chi connectivity index (χ1n) is 19.3. The molecular weight excluding hydrogens is 715 g/mol.